The number of H-pyrrole nitrogens is 1. The van der Waals surface area contributed by atoms with E-state index < -0.39 is 0 Å². The van der Waals surface area contributed by atoms with Crippen LogP contribution in [-0.2, 0) is 0 Å². The van der Waals surface area contributed by atoms with E-state index in [2.05, 4.69) is 9.97 Å². The molecule has 1 aromatic heterocycles. The van der Waals surface area contributed by atoms with Gasteiger partial charge in [0.25, 0.3) is 0 Å². The van der Waals surface area contributed by atoms with E-state index in [1.807, 2.05) is 30.3 Å². The summed E-state index contributed by atoms with van der Waals surface area (Å²) in [6.45, 7) is 0.0717. The monoisotopic (exact) mass is 200 g/mol. The largest absolute Gasteiger partial charge is 0.392 e. The Morgan fingerprint density at radius 3 is 2.67 bits per heavy atom. The Bertz CT molecular complexity index is 429. The number of hydrogen-bond donors (Lipinski definition) is 2. The van der Waals surface area contributed by atoms with Crippen molar-refractivity contribution in [1.82, 2.24) is 9.97 Å². The van der Waals surface area contributed by atoms with E-state index in [1.165, 1.54) is 0 Å². The standard InChI is InChI=1S/C12H12N2O/c15-7-1-2-10-3-5-11(6-4-10)12-8-13-9-14-12/h1-6,8-9,15H,7H2,(H,13,14). The van der Waals surface area contributed by atoms with Gasteiger partial charge in [-0.25, -0.2) is 4.98 Å². The molecule has 1 heterocycles. The van der Waals surface area contributed by atoms with Gasteiger partial charge in [0, 0.05) is 0 Å². The molecule has 0 saturated heterocycles. The summed E-state index contributed by atoms with van der Waals surface area (Å²) in [5, 5.41) is 8.63. The van der Waals surface area contributed by atoms with Crippen molar-refractivity contribution in [1.29, 1.82) is 0 Å². The van der Waals surface area contributed by atoms with Gasteiger partial charge < -0.3 is 10.1 Å². The van der Waals surface area contributed by atoms with Crippen LogP contribution in [0.15, 0.2) is 42.9 Å². The Morgan fingerprint density at radius 2 is 2.07 bits per heavy atom. The number of aromatic amines is 1. The van der Waals surface area contributed by atoms with Crippen molar-refractivity contribution in [3.63, 3.8) is 0 Å². The summed E-state index contributed by atoms with van der Waals surface area (Å²) in [6.07, 6.45) is 7.05. The molecule has 0 bridgehead atoms. The molecule has 0 unspecified atom stereocenters. The molecule has 0 aliphatic carbocycles. The molecule has 0 amide bonds. The van der Waals surface area contributed by atoms with Crippen LogP contribution in [0.1, 0.15) is 5.56 Å². The third kappa shape index (κ3) is 2.33. The fourth-order valence-corrected chi connectivity index (χ4v) is 1.38. The zero-order valence-electron chi connectivity index (χ0n) is 8.22. The van der Waals surface area contributed by atoms with Crippen LogP contribution in [-0.4, -0.2) is 21.7 Å². The predicted molar refractivity (Wildman–Crippen MR) is 60.1 cm³/mol. The van der Waals surface area contributed by atoms with Gasteiger partial charge in [0.2, 0.25) is 0 Å². The summed E-state index contributed by atoms with van der Waals surface area (Å²) in [4.78, 5) is 7.01. The van der Waals surface area contributed by atoms with Gasteiger partial charge in [-0.2, -0.15) is 0 Å². The number of nitrogens with one attached hydrogen (secondary N) is 1. The number of benzene rings is 1. The van der Waals surface area contributed by atoms with Gasteiger partial charge in [0.05, 0.1) is 24.8 Å². The lowest BCUT2D eigenvalue weighted by Crippen LogP contribution is -1.78. The van der Waals surface area contributed by atoms with Crippen molar-refractivity contribution in [2.24, 2.45) is 0 Å². The van der Waals surface area contributed by atoms with E-state index in [9.17, 15) is 0 Å². The zero-order valence-corrected chi connectivity index (χ0v) is 8.22. The molecule has 15 heavy (non-hydrogen) atoms. The average Bonchev–Trinajstić information content (AvgIpc) is 2.80. The van der Waals surface area contributed by atoms with Crippen molar-refractivity contribution in [3.8, 4) is 11.3 Å². The second-order valence-corrected chi connectivity index (χ2v) is 3.17. The Morgan fingerprint density at radius 1 is 1.27 bits per heavy atom. The van der Waals surface area contributed by atoms with Gasteiger partial charge in [0.1, 0.15) is 0 Å². The highest BCUT2D eigenvalue weighted by Gasteiger charge is 1.96. The van der Waals surface area contributed by atoms with Gasteiger partial charge in [-0.3, -0.25) is 0 Å². The van der Waals surface area contributed by atoms with Crippen LogP contribution >= 0.6 is 0 Å². The highest BCUT2D eigenvalue weighted by Crippen LogP contribution is 2.16. The molecule has 2 N–H and O–H groups in total. The fraction of sp³-hybridized carbons (Fsp3) is 0.0833. The highest BCUT2D eigenvalue weighted by molar-refractivity contribution is 5.61. The summed E-state index contributed by atoms with van der Waals surface area (Å²) < 4.78 is 0. The maximum atomic E-state index is 8.63. The van der Waals surface area contributed by atoms with Crippen LogP contribution in [0.3, 0.4) is 0 Å². The van der Waals surface area contributed by atoms with Crippen LogP contribution in [0.25, 0.3) is 17.3 Å². The first-order valence-corrected chi connectivity index (χ1v) is 4.76. The number of rotatable bonds is 3. The molecule has 0 radical (unpaired) electrons. The lowest BCUT2D eigenvalue weighted by molar-refractivity contribution is 0.343. The first-order valence-electron chi connectivity index (χ1n) is 4.76. The molecule has 0 fully saturated rings. The normalized spacial score (nSPS) is 11.0. The van der Waals surface area contributed by atoms with Gasteiger partial charge in [-0.05, 0) is 11.1 Å². The average molecular weight is 200 g/mol. The van der Waals surface area contributed by atoms with Crippen LogP contribution < -0.4 is 0 Å². The predicted octanol–water partition coefficient (Wildman–Crippen LogP) is 2.08. The number of imidazole rings is 1. The summed E-state index contributed by atoms with van der Waals surface area (Å²) in [5.74, 6) is 0. The number of aliphatic hydroxyl groups excluding tert-OH is 1. The SMILES string of the molecule is OCC=Cc1ccc(-c2cnc[nH]2)cc1. The number of aromatic nitrogens is 2. The Labute approximate surface area is 88.1 Å². The maximum absolute atomic E-state index is 8.63. The first kappa shape index (κ1) is 9.68. The van der Waals surface area contributed by atoms with Gasteiger partial charge in [-0.15, -0.1) is 0 Å². The molecule has 3 nitrogen and oxygen atoms in total. The molecule has 3 heteroatoms. The third-order valence-corrected chi connectivity index (χ3v) is 2.14. The van der Waals surface area contributed by atoms with E-state index in [4.69, 9.17) is 5.11 Å². The molecular weight excluding hydrogens is 188 g/mol. The first-order chi connectivity index (χ1) is 7.40. The lowest BCUT2D eigenvalue weighted by atomic mass is 10.1. The fourth-order valence-electron chi connectivity index (χ4n) is 1.38. The molecule has 2 aromatic rings. The van der Waals surface area contributed by atoms with E-state index >= 15 is 0 Å². The quantitative estimate of drug-likeness (QED) is 0.797. The van der Waals surface area contributed by atoms with E-state index in [-0.39, 0.29) is 6.61 Å². The second kappa shape index (κ2) is 4.57. The Hall–Kier alpha value is -1.87. The minimum absolute atomic E-state index is 0.0717. The van der Waals surface area contributed by atoms with Crippen LogP contribution in [0.4, 0.5) is 0 Å². The van der Waals surface area contributed by atoms with Crippen molar-refractivity contribution in [2.75, 3.05) is 6.61 Å². The lowest BCUT2D eigenvalue weighted by Gasteiger charge is -1.98. The van der Waals surface area contributed by atoms with Gasteiger partial charge in [0.15, 0.2) is 0 Å². The second-order valence-electron chi connectivity index (χ2n) is 3.17. The number of hydrogen-bond acceptors (Lipinski definition) is 2. The van der Waals surface area contributed by atoms with Crippen molar-refractivity contribution in [2.45, 2.75) is 0 Å². The van der Waals surface area contributed by atoms with Crippen LogP contribution in [0.2, 0.25) is 0 Å². The molecule has 0 spiro atoms. The Kier molecular flexibility index (Phi) is 2.95. The van der Waals surface area contributed by atoms with Crippen molar-refractivity contribution in [3.05, 3.63) is 48.4 Å². The molecule has 0 saturated carbocycles. The van der Waals surface area contributed by atoms with E-state index in [0.29, 0.717) is 0 Å². The summed E-state index contributed by atoms with van der Waals surface area (Å²) in [7, 11) is 0. The number of aliphatic hydroxyl groups is 1. The van der Waals surface area contributed by atoms with Crippen LogP contribution in [0, 0.1) is 0 Å². The topological polar surface area (TPSA) is 48.9 Å². The van der Waals surface area contributed by atoms with Crippen molar-refractivity contribution < 1.29 is 5.11 Å². The molecule has 1 aromatic carbocycles. The van der Waals surface area contributed by atoms with Crippen molar-refractivity contribution >= 4 is 6.08 Å². The molecule has 2 rings (SSSR count). The molecule has 0 aliphatic rings. The smallest absolute Gasteiger partial charge is 0.0924 e. The summed E-state index contributed by atoms with van der Waals surface area (Å²) in [5.41, 5.74) is 3.19. The molecule has 0 aliphatic heterocycles. The zero-order chi connectivity index (χ0) is 10.5. The van der Waals surface area contributed by atoms with E-state index in [1.54, 1.807) is 18.6 Å². The minimum Gasteiger partial charge on any atom is -0.392 e. The molecular formula is C12H12N2O. The number of nitrogens with zero attached hydrogens (tertiary/aromatic N) is 1. The summed E-state index contributed by atoms with van der Waals surface area (Å²) >= 11 is 0. The summed E-state index contributed by atoms with van der Waals surface area (Å²) in [6, 6.07) is 8.04. The Balaban J connectivity index is 2.21. The highest BCUT2D eigenvalue weighted by atomic mass is 16.2. The molecule has 0 atom stereocenters. The van der Waals surface area contributed by atoms with Gasteiger partial charge >= 0.3 is 0 Å². The maximum Gasteiger partial charge on any atom is 0.0924 e. The van der Waals surface area contributed by atoms with E-state index in [0.717, 1.165) is 16.8 Å². The minimum atomic E-state index is 0.0717. The third-order valence-electron chi connectivity index (χ3n) is 2.14. The van der Waals surface area contributed by atoms with Gasteiger partial charge in [-0.1, -0.05) is 36.4 Å². The van der Waals surface area contributed by atoms with Crippen LogP contribution in [0.5, 0.6) is 0 Å². The molecule has 76 valence electrons.